The summed E-state index contributed by atoms with van der Waals surface area (Å²) >= 11 is 1.46. The third-order valence-corrected chi connectivity index (χ3v) is 7.60. The predicted octanol–water partition coefficient (Wildman–Crippen LogP) is 4.56. The lowest BCUT2D eigenvalue weighted by atomic mass is 9.81. The van der Waals surface area contributed by atoms with Crippen molar-refractivity contribution in [3.8, 4) is 0 Å². The molecule has 0 radical (unpaired) electrons. The monoisotopic (exact) mass is 485 g/mol. The van der Waals surface area contributed by atoms with Gasteiger partial charge in [0.2, 0.25) is 0 Å². The molecule has 0 unspecified atom stereocenters. The number of carbonyl (C=O) groups is 2. The summed E-state index contributed by atoms with van der Waals surface area (Å²) in [7, 11) is 0. The highest BCUT2D eigenvalue weighted by Gasteiger charge is 2.42. The Balaban J connectivity index is 1.64. The van der Waals surface area contributed by atoms with Crippen molar-refractivity contribution >= 4 is 33.9 Å². The molecule has 0 saturated carbocycles. The van der Waals surface area contributed by atoms with Crippen LogP contribution in [-0.4, -0.2) is 49.8 Å². The van der Waals surface area contributed by atoms with Crippen LogP contribution in [0.3, 0.4) is 0 Å². The molecular formula is C26H35N3O4S. The number of nitrogens with one attached hydrogen (secondary N) is 2. The van der Waals surface area contributed by atoms with Gasteiger partial charge >= 0.3 is 5.97 Å². The quantitative estimate of drug-likeness (QED) is 0.605. The van der Waals surface area contributed by atoms with E-state index < -0.39 is 0 Å². The summed E-state index contributed by atoms with van der Waals surface area (Å²) in [6.07, 6.45) is 0.427. The van der Waals surface area contributed by atoms with Crippen LogP contribution in [0.4, 0.5) is 10.7 Å². The molecule has 8 heteroatoms. The van der Waals surface area contributed by atoms with Crippen molar-refractivity contribution in [3.05, 3.63) is 45.8 Å². The van der Waals surface area contributed by atoms with Gasteiger partial charge in [0.25, 0.3) is 5.91 Å². The van der Waals surface area contributed by atoms with Gasteiger partial charge in [0, 0.05) is 40.3 Å². The van der Waals surface area contributed by atoms with E-state index in [4.69, 9.17) is 9.47 Å². The first-order valence-corrected chi connectivity index (χ1v) is 12.7. The minimum atomic E-state index is -0.390. The Morgan fingerprint density at radius 3 is 2.38 bits per heavy atom. The van der Waals surface area contributed by atoms with Crippen LogP contribution in [0, 0.1) is 0 Å². The number of anilines is 2. The molecule has 34 heavy (non-hydrogen) atoms. The average molecular weight is 486 g/mol. The highest BCUT2D eigenvalue weighted by molar-refractivity contribution is 7.17. The van der Waals surface area contributed by atoms with Crippen molar-refractivity contribution in [3.63, 3.8) is 0 Å². The van der Waals surface area contributed by atoms with Gasteiger partial charge in [0.05, 0.1) is 24.9 Å². The first kappa shape index (κ1) is 24.7. The lowest BCUT2D eigenvalue weighted by Crippen LogP contribution is -2.55. The Labute approximate surface area is 205 Å². The van der Waals surface area contributed by atoms with Crippen molar-refractivity contribution in [2.45, 2.75) is 65.1 Å². The number of fused-ring (bicyclic) bond motifs is 1. The summed E-state index contributed by atoms with van der Waals surface area (Å²) in [4.78, 5) is 29.7. The maximum atomic E-state index is 13.2. The second kappa shape index (κ2) is 9.32. The van der Waals surface area contributed by atoms with E-state index in [1.807, 2.05) is 38.1 Å². The van der Waals surface area contributed by atoms with E-state index >= 15 is 0 Å². The van der Waals surface area contributed by atoms with Crippen molar-refractivity contribution in [2.24, 2.45) is 0 Å². The van der Waals surface area contributed by atoms with E-state index in [0.717, 1.165) is 29.2 Å². The molecule has 1 amide bonds. The number of nitrogens with zero attached hydrogens (tertiary/aromatic N) is 1. The fourth-order valence-corrected chi connectivity index (χ4v) is 6.19. The van der Waals surface area contributed by atoms with E-state index in [2.05, 4.69) is 43.2 Å². The Morgan fingerprint density at radius 2 is 1.76 bits per heavy atom. The summed E-state index contributed by atoms with van der Waals surface area (Å²) in [5.74, 6) is -0.630. The molecule has 0 aliphatic carbocycles. The maximum Gasteiger partial charge on any atom is 0.341 e. The second-order valence-corrected chi connectivity index (χ2v) is 11.5. The van der Waals surface area contributed by atoms with Crippen LogP contribution in [0.1, 0.15) is 72.7 Å². The molecule has 3 heterocycles. The first-order valence-electron chi connectivity index (χ1n) is 11.9. The standard InChI is InChI=1S/C26H35N3O4S/c1-16(2)33-24(31)20-19-15-25(3,4)28-26(5,6)21(19)34-23(20)27-22(30)17-7-9-18(10-8-17)29-11-13-32-14-12-29/h7-10,16,28H,11-15H2,1-6H3,(H,27,30). The van der Waals surface area contributed by atoms with Crippen LogP contribution in [0.25, 0.3) is 0 Å². The molecule has 1 aromatic heterocycles. The zero-order chi connectivity index (χ0) is 24.7. The van der Waals surface area contributed by atoms with Gasteiger partial charge in [-0.3, -0.25) is 4.79 Å². The van der Waals surface area contributed by atoms with E-state index in [0.29, 0.717) is 35.8 Å². The lowest BCUT2D eigenvalue weighted by Gasteiger charge is -2.42. The lowest BCUT2D eigenvalue weighted by molar-refractivity contribution is 0.0377. The van der Waals surface area contributed by atoms with E-state index in [1.165, 1.54) is 11.3 Å². The van der Waals surface area contributed by atoms with Gasteiger partial charge in [-0.15, -0.1) is 11.3 Å². The number of hydrogen-bond acceptors (Lipinski definition) is 7. The molecule has 1 saturated heterocycles. The maximum absolute atomic E-state index is 13.2. The molecular weight excluding hydrogens is 450 g/mol. The predicted molar refractivity (Wildman–Crippen MR) is 136 cm³/mol. The molecule has 2 aliphatic heterocycles. The number of morpholine rings is 1. The van der Waals surface area contributed by atoms with Crippen molar-refractivity contribution in [1.29, 1.82) is 0 Å². The number of thiophene rings is 1. The smallest absolute Gasteiger partial charge is 0.341 e. The van der Waals surface area contributed by atoms with Crippen molar-refractivity contribution < 1.29 is 19.1 Å². The number of ether oxygens (including phenoxy) is 2. The molecule has 2 aromatic rings. The zero-order valence-electron chi connectivity index (χ0n) is 20.9. The summed E-state index contributed by atoms with van der Waals surface area (Å²) < 4.78 is 11.0. The van der Waals surface area contributed by atoms with Gasteiger partial charge < -0.3 is 25.0 Å². The molecule has 1 aromatic carbocycles. The Kier molecular flexibility index (Phi) is 6.77. The van der Waals surface area contributed by atoms with Crippen LogP contribution in [0.2, 0.25) is 0 Å². The van der Waals surface area contributed by atoms with Crippen LogP contribution in [0.5, 0.6) is 0 Å². The second-order valence-electron chi connectivity index (χ2n) is 10.5. The molecule has 7 nitrogen and oxygen atoms in total. The normalized spacial score (nSPS) is 19.0. The van der Waals surface area contributed by atoms with Crippen molar-refractivity contribution in [1.82, 2.24) is 5.32 Å². The largest absolute Gasteiger partial charge is 0.459 e. The van der Waals surface area contributed by atoms with Crippen LogP contribution in [0.15, 0.2) is 24.3 Å². The Morgan fingerprint density at radius 1 is 1.12 bits per heavy atom. The summed E-state index contributed by atoms with van der Waals surface area (Å²) in [5.41, 5.74) is 2.53. The van der Waals surface area contributed by atoms with Gasteiger partial charge in [-0.1, -0.05) is 0 Å². The van der Waals surface area contributed by atoms with E-state index in [1.54, 1.807) is 0 Å². The van der Waals surface area contributed by atoms with Gasteiger partial charge in [-0.2, -0.15) is 0 Å². The Bertz CT molecular complexity index is 1070. The van der Waals surface area contributed by atoms with Crippen LogP contribution in [-0.2, 0) is 21.4 Å². The zero-order valence-corrected chi connectivity index (χ0v) is 21.7. The van der Waals surface area contributed by atoms with Crippen LogP contribution < -0.4 is 15.5 Å². The number of rotatable bonds is 5. The average Bonchev–Trinajstić information content (AvgIpc) is 3.11. The number of amides is 1. The Hall–Kier alpha value is -2.42. The third kappa shape index (κ3) is 5.14. The minimum absolute atomic E-state index is 0.193. The molecule has 2 aliphatic rings. The summed E-state index contributed by atoms with van der Waals surface area (Å²) in [6, 6.07) is 7.58. The molecule has 4 rings (SSSR count). The highest BCUT2D eigenvalue weighted by atomic mass is 32.1. The molecule has 1 fully saturated rings. The van der Waals surface area contributed by atoms with Gasteiger partial charge in [-0.25, -0.2) is 4.79 Å². The summed E-state index contributed by atoms with van der Waals surface area (Å²) in [5, 5.41) is 7.23. The summed E-state index contributed by atoms with van der Waals surface area (Å²) in [6.45, 7) is 15.2. The van der Waals surface area contributed by atoms with E-state index in [-0.39, 0.29) is 29.1 Å². The fourth-order valence-electron chi connectivity index (χ4n) is 4.92. The van der Waals surface area contributed by atoms with Crippen LogP contribution >= 0.6 is 11.3 Å². The van der Waals surface area contributed by atoms with Gasteiger partial charge in [0.1, 0.15) is 5.00 Å². The van der Waals surface area contributed by atoms with E-state index in [9.17, 15) is 9.59 Å². The third-order valence-electron chi connectivity index (χ3n) is 6.12. The van der Waals surface area contributed by atoms with Gasteiger partial charge in [0.15, 0.2) is 0 Å². The highest BCUT2D eigenvalue weighted by Crippen LogP contribution is 2.45. The first-order chi connectivity index (χ1) is 16.0. The van der Waals surface area contributed by atoms with Crippen molar-refractivity contribution in [2.75, 3.05) is 36.5 Å². The number of carbonyl (C=O) groups excluding carboxylic acids is 2. The SMILES string of the molecule is CC(C)OC(=O)c1c(NC(=O)c2ccc(N3CCOCC3)cc2)sc2c1CC(C)(C)NC2(C)C. The molecule has 0 spiro atoms. The van der Waals surface area contributed by atoms with Gasteiger partial charge in [-0.05, 0) is 77.8 Å². The molecule has 0 bridgehead atoms. The molecule has 0 atom stereocenters. The topological polar surface area (TPSA) is 79.9 Å². The number of benzene rings is 1. The number of hydrogen-bond donors (Lipinski definition) is 2. The minimum Gasteiger partial charge on any atom is -0.459 e. The fraction of sp³-hybridized carbons (Fsp3) is 0.538. The molecule has 184 valence electrons. The molecule has 2 N–H and O–H groups in total. The number of esters is 1.